The van der Waals surface area contributed by atoms with Gasteiger partial charge in [0.1, 0.15) is 5.82 Å². The van der Waals surface area contributed by atoms with Crippen LogP contribution in [0.15, 0.2) is 47.5 Å². The van der Waals surface area contributed by atoms with Crippen molar-refractivity contribution in [1.82, 2.24) is 30.8 Å². The van der Waals surface area contributed by atoms with Crippen LogP contribution in [0.5, 0.6) is 0 Å². The quantitative estimate of drug-likeness (QED) is 0.259. The monoisotopic (exact) mass is 557 g/mol. The van der Waals surface area contributed by atoms with Gasteiger partial charge in [-0.1, -0.05) is 30.3 Å². The fraction of sp³-hybridized carbons (Fsp3) is 0.486. The van der Waals surface area contributed by atoms with Crippen LogP contribution in [-0.2, 0) is 0 Å². The fourth-order valence-electron chi connectivity index (χ4n) is 8.61. The van der Waals surface area contributed by atoms with Crippen molar-refractivity contribution in [2.24, 2.45) is 4.99 Å². The Balaban J connectivity index is 1.05. The van der Waals surface area contributed by atoms with E-state index in [2.05, 4.69) is 58.1 Å². The summed E-state index contributed by atoms with van der Waals surface area (Å²) in [5.74, 6) is 2.70. The van der Waals surface area contributed by atoms with Crippen LogP contribution in [0, 0.1) is 0 Å². The zero-order valence-corrected chi connectivity index (χ0v) is 24.2. The largest absolute Gasteiger partial charge is 0.341 e. The Kier molecular flexibility index (Phi) is 6.04. The number of aliphatic imine (C=N–C) groups is 1. The number of benzene rings is 2. The van der Waals surface area contributed by atoms with E-state index in [1.165, 1.54) is 72.9 Å². The molecular weight excluding hydrogens is 518 g/mol. The van der Waals surface area contributed by atoms with Gasteiger partial charge >= 0.3 is 0 Å². The first-order chi connectivity index (χ1) is 20.8. The molecule has 2 aromatic carbocycles. The van der Waals surface area contributed by atoms with Gasteiger partial charge in [0.15, 0.2) is 0 Å². The molecule has 7 nitrogen and oxygen atoms in total. The van der Waals surface area contributed by atoms with Gasteiger partial charge < -0.3 is 15.6 Å². The van der Waals surface area contributed by atoms with E-state index >= 15 is 0 Å². The predicted octanol–water partition coefficient (Wildman–Crippen LogP) is 6.55. The van der Waals surface area contributed by atoms with Crippen molar-refractivity contribution < 1.29 is 0 Å². The predicted molar refractivity (Wildman–Crippen MR) is 167 cm³/mol. The van der Waals surface area contributed by atoms with Crippen LogP contribution >= 0.6 is 0 Å². The SMILES string of the molecule is c1cc(C2CN=C(C3CCCN3)C2)ccc1-c1nnc(-c2ccc3nc(C4CCCN4)[nH]c3c2)c2c1C1CCC2CC1. The molecule has 0 spiro atoms. The number of H-pyrrole nitrogens is 1. The summed E-state index contributed by atoms with van der Waals surface area (Å²) in [4.78, 5) is 13.5. The molecule has 3 fully saturated rings. The van der Waals surface area contributed by atoms with Crippen LogP contribution in [-0.4, -0.2) is 51.6 Å². The number of hydrogen-bond acceptors (Lipinski definition) is 6. The highest BCUT2D eigenvalue weighted by Crippen LogP contribution is 2.54. The van der Waals surface area contributed by atoms with E-state index in [-0.39, 0.29) is 0 Å². The van der Waals surface area contributed by atoms with Crippen LogP contribution in [0.3, 0.4) is 0 Å². The summed E-state index contributed by atoms with van der Waals surface area (Å²) in [7, 11) is 0. The number of rotatable bonds is 5. The van der Waals surface area contributed by atoms with Gasteiger partial charge in [0, 0.05) is 35.3 Å². The number of aromatic nitrogens is 4. The lowest BCUT2D eigenvalue weighted by Crippen LogP contribution is -2.29. The Morgan fingerprint density at radius 2 is 1.33 bits per heavy atom. The molecule has 3 atom stereocenters. The second-order valence-electron chi connectivity index (χ2n) is 13.3. The summed E-state index contributed by atoms with van der Waals surface area (Å²) in [5, 5.41) is 17.2. The van der Waals surface area contributed by atoms with Crippen molar-refractivity contribution in [3.63, 3.8) is 0 Å². The van der Waals surface area contributed by atoms with E-state index in [9.17, 15) is 0 Å². The Hall–Kier alpha value is -3.42. The van der Waals surface area contributed by atoms with Crippen LogP contribution in [0.2, 0.25) is 0 Å². The molecule has 1 saturated carbocycles. The van der Waals surface area contributed by atoms with Gasteiger partial charge in [-0.2, -0.15) is 0 Å². The third-order valence-corrected chi connectivity index (χ3v) is 10.8. The Bertz CT molecular complexity index is 1670. The third-order valence-electron chi connectivity index (χ3n) is 10.8. The standard InChI is InChI=1S/C35H39N7/c1-3-26(36-15-1)29-18-25(19-38-29)20-5-11-23(12-6-20)33-31-21-7-9-22(10-8-21)32(31)34(42-41-33)24-13-14-27-30(17-24)40-35(39-27)28-4-2-16-37-28/h5-6,11-14,17,21-22,25-26,28,36-37H,1-4,7-10,15-16,18-19H2,(H,39,40). The third kappa shape index (κ3) is 4.15. The van der Waals surface area contributed by atoms with Gasteiger partial charge in [-0.3, -0.25) is 4.99 Å². The number of aromatic amines is 1. The van der Waals surface area contributed by atoms with Crippen LogP contribution in [0.25, 0.3) is 33.5 Å². The molecule has 7 heteroatoms. The molecule has 2 aromatic heterocycles. The molecule has 3 unspecified atom stereocenters. The van der Waals surface area contributed by atoms with Crippen molar-refractivity contribution in [1.29, 1.82) is 0 Å². The van der Waals surface area contributed by atoms with Crippen molar-refractivity contribution in [2.45, 2.75) is 87.6 Å². The summed E-state index contributed by atoms with van der Waals surface area (Å²) in [6.07, 6.45) is 11.0. The topological polar surface area (TPSA) is 90.9 Å². The summed E-state index contributed by atoms with van der Waals surface area (Å²) in [6, 6.07) is 16.7. The van der Waals surface area contributed by atoms with Gasteiger partial charge in [-0.05, 0) is 112 Å². The first-order valence-corrected chi connectivity index (χ1v) is 16.3. The molecule has 3 aliphatic heterocycles. The van der Waals surface area contributed by atoms with E-state index < -0.39 is 0 Å². The lowest BCUT2D eigenvalue weighted by molar-refractivity contribution is 0.358. The second-order valence-corrected chi connectivity index (χ2v) is 13.3. The minimum Gasteiger partial charge on any atom is -0.341 e. The summed E-state index contributed by atoms with van der Waals surface area (Å²) >= 11 is 0. The molecule has 2 bridgehead atoms. The molecule has 2 saturated heterocycles. The van der Waals surface area contributed by atoms with Crippen molar-refractivity contribution in [2.75, 3.05) is 19.6 Å². The Labute approximate surface area is 247 Å². The molecule has 0 amide bonds. The molecule has 214 valence electrons. The summed E-state index contributed by atoms with van der Waals surface area (Å²) < 4.78 is 0. The van der Waals surface area contributed by atoms with E-state index in [0.29, 0.717) is 29.8 Å². The minimum absolute atomic E-state index is 0.336. The van der Waals surface area contributed by atoms with E-state index in [1.54, 1.807) is 0 Å². The average Bonchev–Trinajstić information content (AvgIpc) is 3.87. The normalized spacial score (nSPS) is 28.5. The van der Waals surface area contributed by atoms with Crippen molar-refractivity contribution in [3.8, 4) is 22.5 Å². The summed E-state index contributed by atoms with van der Waals surface area (Å²) in [6.45, 7) is 3.12. The molecule has 42 heavy (non-hydrogen) atoms. The zero-order chi connectivity index (χ0) is 27.6. The lowest BCUT2D eigenvalue weighted by Gasteiger charge is -2.40. The van der Waals surface area contributed by atoms with Gasteiger partial charge in [0.25, 0.3) is 0 Å². The van der Waals surface area contributed by atoms with Crippen molar-refractivity contribution >= 4 is 16.7 Å². The zero-order valence-electron chi connectivity index (χ0n) is 24.2. The fourth-order valence-corrected chi connectivity index (χ4v) is 8.61. The van der Waals surface area contributed by atoms with E-state index in [0.717, 1.165) is 66.3 Å². The molecular formula is C35H39N7. The smallest absolute Gasteiger partial charge is 0.124 e. The molecule has 4 aromatic rings. The van der Waals surface area contributed by atoms with Crippen LogP contribution < -0.4 is 10.6 Å². The van der Waals surface area contributed by atoms with Gasteiger partial charge in [0.05, 0.1) is 28.5 Å². The second kappa shape index (κ2) is 10.1. The number of nitrogens with one attached hydrogen (secondary N) is 3. The maximum atomic E-state index is 4.98. The number of imidazole rings is 1. The maximum absolute atomic E-state index is 4.98. The number of fused-ring (bicyclic) bond motifs is 3. The molecule has 3 aliphatic carbocycles. The average molecular weight is 558 g/mol. The molecule has 0 radical (unpaired) electrons. The van der Waals surface area contributed by atoms with E-state index in [1.807, 2.05) is 0 Å². The Morgan fingerprint density at radius 3 is 2.02 bits per heavy atom. The maximum Gasteiger partial charge on any atom is 0.124 e. The molecule has 3 N–H and O–H groups in total. The van der Waals surface area contributed by atoms with Crippen molar-refractivity contribution in [3.05, 3.63) is 65.0 Å². The number of hydrogen-bond donors (Lipinski definition) is 3. The van der Waals surface area contributed by atoms with Gasteiger partial charge in [0.2, 0.25) is 0 Å². The van der Waals surface area contributed by atoms with Crippen LogP contribution in [0.1, 0.15) is 104 Å². The highest BCUT2D eigenvalue weighted by atomic mass is 15.1. The highest BCUT2D eigenvalue weighted by molar-refractivity contribution is 5.92. The molecule has 6 aliphatic rings. The van der Waals surface area contributed by atoms with Crippen LogP contribution in [0.4, 0.5) is 0 Å². The molecule has 10 rings (SSSR count). The van der Waals surface area contributed by atoms with Gasteiger partial charge in [-0.15, -0.1) is 10.2 Å². The lowest BCUT2D eigenvalue weighted by atomic mass is 9.65. The highest BCUT2D eigenvalue weighted by Gasteiger charge is 2.38. The molecule has 5 heterocycles. The first-order valence-electron chi connectivity index (χ1n) is 16.3. The van der Waals surface area contributed by atoms with E-state index in [4.69, 9.17) is 20.2 Å². The van der Waals surface area contributed by atoms with Gasteiger partial charge in [-0.25, -0.2) is 4.98 Å². The number of nitrogens with zero attached hydrogens (tertiary/aromatic N) is 4. The minimum atomic E-state index is 0.336. The Morgan fingerprint density at radius 1 is 0.667 bits per heavy atom. The summed E-state index contributed by atoms with van der Waals surface area (Å²) in [5.41, 5.74) is 12.4. The first kappa shape index (κ1) is 25.1.